The van der Waals surface area contributed by atoms with Gasteiger partial charge in [-0.2, -0.15) is 0 Å². The van der Waals surface area contributed by atoms with E-state index in [9.17, 15) is 4.79 Å². The van der Waals surface area contributed by atoms with Crippen LogP contribution in [0.5, 0.6) is 0 Å². The summed E-state index contributed by atoms with van der Waals surface area (Å²) < 4.78 is 0. The summed E-state index contributed by atoms with van der Waals surface area (Å²) in [5, 5.41) is 1.11. The van der Waals surface area contributed by atoms with Crippen LogP contribution >= 0.6 is 11.3 Å². The first kappa shape index (κ1) is 13.2. The average Bonchev–Trinajstić information content (AvgIpc) is 2.88. The molecule has 0 bridgehead atoms. The Labute approximate surface area is 123 Å². The molecule has 0 aliphatic carbocycles. The Morgan fingerprint density at radius 1 is 1.35 bits per heavy atom. The summed E-state index contributed by atoms with van der Waals surface area (Å²) >= 11 is 1.52. The van der Waals surface area contributed by atoms with Crippen LogP contribution in [0.25, 0.3) is 0 Å². The molecule has 1 aromatic heterocycles. The molecule has 0 spiro atoms. The molecule has 0 radical (unpaired) electrons. The van der Waals surface area contributed by atoms with Crippen molar-refractivity contribution in [2.45, 2.75) is 26.3 Å². The van der Waals surface area contributed by atoms with Crippen LogP contribution < -0.4 is 10.6 Å². The van der Waals surface area contributed by atoms with Crippen LogP contribution in [0.3, 0.4) is 0 Å². The number of hydrogen-bond donors (Lipinski definition) is 1. The van der Waals surface area contributed by atoms with E-state index in [1.165, 1.54) is 22.5 Å². The number of nitrogens with two attached hydrogens (primary N) is 1. The highest BCUT2D eigenvalue weighted by atomic mass is 32.1. The highest BCUT2D eigenvalue weighted by Crippen LogP contribution is 2.35. The summed E-state index contributed by atoms with van der Waals surface area (Å²) in [5.41, 5.74) is 9.40. The van der Waals surface area contributed by atoms with E-state index in [1.807, 2.05) is 13.0 Å². The lowest BCUT2D eigenvalue weighted by atomic mass is 10.0. The van der Waals surface area contributed by atoms with Gasteiger partial charge in [-0.1, -0.05) is 31.2 Å². The largest absolute Gasteiger partial charge is 0.397 e. The first-order chi connectivity index (χ1) is 9.69. The molecule has 4 heteroatoms. The minimum Gasteiger partial charge on any atom is -0.397 e. The van der Waals surface area contributed by atoms with Gasteiger partial charge in [0.15, 0.2) is 5.78 Å². The number of rotatable bonds is 3. The zero-order valence-electron chi connectivity index (χ0n) is 11.6. The predicted octanol–water partition coefficient (Wildman–Crippen LogP) is 3.49. The standard InChI is InChI=1S/C16H18N2OS/c1-2-14(19)16-13(17)9-15(20-16)18-8-7-11-5-3-4-6-12(11)10-18/h3-6,9H,2,7-8,10,17H2,1H3. The van der Waals surface area contributed by atoms with Crippen molar-refractivity contribution in [3.63, 3.8) is 0 Å². The zero-order valence-corrected chi connectivity index (χ0v) is 12.4. The first-order valence-corrected chi connectivity index (χ1v) is 7.75. The van der Waals surface area contributed by atoms with E-state index in [0.29, 0.717) is 17.0 Å². The molecular formula is C16H18N2OS. The third-order valence-corrected chi connectivity index (χ3v) is 5.02. The Hall–Kier alpha value is -1.81. The summed E-state index contributed by atoms with van der Waals surface area (Å²) in [5.74, 6) is 0.135. The number of fused-ring (bicyclic) bond motifs is 1. The van der Waals surface area contributed by atoms with Crippen molar-refractivity contribution >= 4 is 27.8 Å². The van der Waals surface area contributed by atoms with Crippen molar-refractivity contribution in [2.24, 2.45) is 0 Å². The molecule has 2 heterocycles. The number of thiophene rings is 1. The summed E-state index contributed by atoms with van der Waals surface area (Å²) in [6, 6.07) is 10.5. The lowest BCUT2D eigenvalue weighted by molar-refractivity contribution is 0.0993. The topological polar surface area (TPSA) is 46.3 Å². The minimum atomic E-state index is 0.135. The minimum absolute atomic E-state index is 0.135. The fourth-order valence-corrected chi connectivity index (χ4v) is 3.72. The molecule has 1 aromatic carbocycles. The van der Waals surface area contributed by atoms with Gasteiger partial charge in [-0.25, -0.2) is 0 Å². The second-order valence-corrected chi connectivity index (χ2v) is 6.12. The number of hydrogen-bond acceptors (Lipinski definition) is 4. The van der Waals surface area contributed by atoms with E-state index in [0.717, 1.165) is 24.5 Å². The van der Waals surface area contributed by atoms with E-state index in [4.69, 9.17) is 5.73 Å². The molecule has 104 valence electrons. The smallest absolute Gasteiger partial charge is 0.174 e. The van der Waals surface area contributed by atoms with E-state index in [2.05, 4.69) is 29.2 Å². The van der Waals surface area contributed by atoms with Gasteiger partial charge in [0.1, 0.15) is 0 Å². The predicted molar refractivity (Wildman–Crippen MR) is 84.5 cm³/mol. The average molecular weight is 286 g/mol. The molecule has 20 heavy (non-hydrogen) atoms. The Bertz CT molecular complexity index is 648. The molecular weight excluding hydrogens is 268 g/mol. The van der Waals surface area contributed by atoms with Crippen LogP contribution in [0.15, 0.2) is 30.3 Å². The van der Waals surface area contributed by atoms with Gasteiger partial charge in [0.2, 0.25) is 0 Å². The third kappa shape index (κ3) is 2.31. The van der Waals surface area contributed by atoms with Crippen molar-refractivity contribution < 1.29 is 4.79 Å². The van der Waals surface area contributed by atoms with Crippen molar-refractivity contribution in [1.29, 1.82) is 0 Å². The highest BCUT2D eigenvalue weighted by Gasteiger charge is 2.20. The molecule has 0 saturated carbocycles. The van der Waals surface area contributed by atoms with E-state index >= 15 is 0 Å². The summed E-state index contributed by atoms with van der Waals surface area (Å²) in [6.07, 6.45) is 1.55. The quantitative estimate of drug-likeness (QED) is 0.879. The van der Waals surface area contributed by atoms with Crippen molar-refractivity contribution in [3.05, 3.63) is 46.3 Å². The number of benzene rings is 1. The Morgan fingerprint density at radius 2 is 2.10 bits per heavy atom. The van der Waals surface area contributed by atoms with Crippen LogP contribution in [-0.2, 0) is 13.0 Å². The lowest BCUT2D eigenvalue weighted by Gasteiger charge is -2.29. The van der Waals surface area contributed by atoms with Gasteiger partial charge < -0.3 is 10.6 Å². The highest BCUT2D eigenvalue weighted by molar-refractivity contribution is 7.18. The van der Waals surface area contributed by atoms with Crippen LogP contribution in [0, 0.1) is 0 Å². The monoisotopic (exact) mass is 286 g/mol. The molecule has 1 aliphatic heterocycles. The molecule has 2 N–H and O–H groups in total. The SMILES string of the molecule is CCC(=O)c1sc(N2CCc3ccccc3C2)cc1N. The Balaban J connectivity index is 1.87. The molecule has 0 amide bonds. The molecule has 0 atom stereocenters. The van der Waals surface area contributed by atoms with Crippen LogP contribution in [0.4, 0.5) is 10.7 Å². The molecule has 0 unspecified atom stereocenters. The number of carbonyl (C=O) groups is 1. The number of nitrogens with zero attached hydrogens (tertiary/aromatic N) is 1. The van der Waals surface area contributed by atoms with Crippen LogP contribution in [-0.4, -0.2) is 12.3 Å². The first-order valence-electron chi connectivity index (χ1n) is 6.93. The zero-order chi connectivity index (χ0) is 14.1. The molecule has 0 fully saturated rings. The van der Waals surface area contributed by atoms with Gasteiger partial charge in [-0.05, 0) is 23.6 Å². The van der Waals surface area contributed by atoms with Gasteiger partial charge in [-0.15, -0.1) is 11.3 Å². The second-order valence-electron chi connectivity index (χ2n) is 5.09. The van der Waals surface area contributed by atoms with Gasteiger partial charge >= 0.3 is 0 Å². The number of ketones is 1. The lowest BCUT2D eigenvalue weighted by Crippen LogP contribution is -2.29. The summed E-state index contributed by atoms with van der Waals surface area (Å²) in [7, 11) is 0. The summed E-state index contributed by atoms with van der Waals surface area (Å²) in [6.45, 7) is 3.75. The number of nitrogen functional groups attached to an aromatic ring is 1. The van der Waals surface area contributed by atoms with Gasteiger partial charge in [-0.3, -0.25) is 4.79 Å². The van der Waals surface area contributed by atoms with E-state index in [-0.39, 0.29) is 5.78 Å². The molecule has 1 aliphatic rings. The third-order valence-electron chi connectivity index (χ3n) is 3.76. The van der Waals surface area contributed by atoms with Gasteiger partial charge in [0, 0.05) is 19.5 Å². The van der Waals surface area contributed by atoms with Crippen LogP contribution in [0.2, 0.25) is 0 Å². The fourth-order valence-electron chi connectivity index (χ4n) is 2.61. The van der Waals surface area contributed by atoms with Gasteiger partial charge in [0.05, 0.1) is 15.6 Å². The number of anilines is 2. The Morgan fingerprint density at radius 3 is 2.85 bits per heavy atom. The van der Waals surface area contributed by atoms with Gasteiger partial charge in [0.25, 0.3) is 0 Å². The summed E-state index contributed by atoms with van der Waals surface area (Å²) in [4.78, 5) is 14.9. The maximum absolute atomic E-state index is 11.8. The van der Waals surface area contributed by atoms with Crippen molar-refractivity contribution in [3.8, 4) is 0 Å². The van der Waals surface area contributed by atoms with E-state index in [1.54, 1.807) is 0 Å². The van der Waals surface area contributed by atoms with E-state index < -0.39 is 0 Å². The normalized spacial score (nSPS) is 14.2. The maximum Gasteiger partial charge on any atom is 0.174 e. The maximum atomic E-state index is 11.8. The molecule has 3 nitrogen and oxygen atoms in total. The van der Waals surface area contributed by atoms with Crippen molar-refractivity contribution in [1.82, 2.24) is 0 Å². The van der Waals surface area contributed by atoms with Crippen LogP contribution in [0.1, 0.15) is 34.1 Å². The second kappa shape index (κ2) is 5.29. The Kier molecular flexibility index (Phi) is 3.49. The number of carbonyl (C=O) groups excluding carboxylic acids is 1. The number of Topliss-reactive ketones (excluding diaryl/α,β-unsaturated/α-hetero) is 1. The fraction of sp³-hybridized carbons (Fsp3) is 0.312. The molecule has 3 rings (SSSR count). The molecule has 2 aromatic rings. The van der Waals surface area contributed by atoms with Crippen molar-refractivity contribution in [2.75, 3.05) is 17.2 Å². The molecule has 0 saturated heterocycles.